The molecular weight excluding hydrogens is 457 g/mol. The third kappa shape index (κ3) is 5.52. The van der Waals surface area contributed by atoms with Crippen molar-refractivity contribution >= 4 is 21.4 Å². The minimum absolute atomic E-state index is 0.0275. The zero-order valence-corrected chi connectivity index (χ0v) is 18.9. The van der Waals surface area contributed by atoms with Gasteiger partial charge < -0.3 is 9.30 Å². The molecule has 10 heteroatoms. The van der Waals surface area contributed by atoms with Gasteiger partial charge in [0, 0.05) is 24.9 Å². The molecule has 3 aromatic rings. The van der Waals surface area contributed by atoms with E-state index in [4.69, 9.17) is 16.3 Å². The molecule has 7 nitrogen and oxygen atoms in total. The Bertz CT molecular complexity index is 1300. The van der Waals surface area contributed by atoms with Gasteiger partial charge in [0.05, 0.1) is 27.9 Å². The van der Waals surface area contributed by atoms with E-state index < -0.39 is 15.7 Å². The number of nitrogens with zero attached hydrogens (tertiary/aromatic N) is 3. The summed E-state index contributed by atoms with van der Waals surface area (Å²) in [5, 5.41) is 0.0275. The number of hydrogen-bond donors (Lipinski definition) is 0. The Morgan fingerprint density at radius 3 is 2.69 bits per heavy atom. The molecule has 2 aromatic heterocycles. The first-order valence-corrected chi connectivity index (χ1v) is 12.3. The lowest BCUT2D eigenvalue weighted by Crippen LogP contribution is -2.14. The SMILES string of the molecule is Cn1cc(-c2cc(CS(=O)(=O)CCC3CC3)nc(Oc3c(F)cccc3Cl)n2)ccc1=O. The molecule has 2 heterocycles. The highest BCUT2D eigenvalue weighted by Crippen LogP contribution is 2.34. The number of pyridine rings is 1. The zero-order chi connectivity index (χ0) is 22.9. The Morgan fingerprint density at radius 1 is 1.22 bits per heavy atom. The van der Waals surface area contributed by atoms with Gasteiger partial charge in [-0.3, -0.25) is 4.79 Å². The monoisotopic (exact) mass is 477 g/mol. The lowest BCUT2D eigenvalue weighted by Gasteiger charge is -2.11. The van der Waals surface area contributed by atoms with E-state index in [1.54, 1.807) is 19.3 Å². The summed E-state index contributed by atoms with van der Waals surface area (Å²) in [4.78, 5) is 20.2. The van der Waals surface area contributed by atoms with E-state index in [2.05, 4.69) is 9.97 Å². The quantitative estimate of drug-likeness (QED) is 0.484. The summed E-state index contributed by atoms with van der Waals surface area (Å²) in [5.74, 6) is -0.700. The number of aromatic nitrogens is 3. The number of ether oxygens (including phenoxy) is 1. The minimum atomic E-state index is -3.41. The van der Waals surface area contributed by atoms with Crippen LogP contribution in [-0.2, 0) is 22.6 Å². The normalized spacial score (nSPS) is 13.8. The van der Waals surface area contributed by atoms with Crippen LogP contribution in [0.15, 0.2) is 47.4 Å². The van der Waals surface area contributed by atoms with Crippen LogP contribution >= 0.6 is 11.6 Å². The van der Waals surface area contributed by atoms with Crippen LogP contribution in [0.3, 0.4) is 0 Å². The van der Waals surface area contributed by atoms with Crippen LogP contribution < -0.4 is 10.3 Å². The molecule has 1 aliphatic carbocycles. The van der Waals surface area contributed by atoms with Gasteiger partial charge in [0.15, 0.2) is 21.4 Å². The second kappa shape index (κ2) is 8.99. The van der Waals surface area contributed by atoms with Crippen molar-refractivity contribution in [2.45, 2.75) is 25.0 Å². The lowest BCUT2D eigenvalue weighted by molar-refractivity contribution is 0.410. The largest absolute Gasteiger partial charge is 0.420 e. The average Bonchev–Trinajstić information content (AvgIpc) is 3.56. The van der Waals surface area contributed by atoms with E-state index in [0.717, 1.165) is 12.8 Å². The average molecular weight is 478 g/mol. The van der Waals surface area contributed by atoms with E-state index in [-0.39, 0.29) is 39.5 Å². The molecule has 0 N–H and O–H groups in total. The highest BCUT2D eigenvalue weighted by atomic mass is 35.5. The maximum atomic E-state index is 14.2. The van der Waals surface area contributed by atoms with E-state index >= 15 is 0 Å². The van der Waals surface area contributed by atoms with E-state index in [1.807, 2.05) is 0 Å². The first kappa shape index (κ1) is 22.4. The molecule has 0 aliphatic heterocycles. The van der Waals surface area contributed by atoms with Gasteiger partial charge in [0.1, 0.15) is 0 Å². The molecule has 0 unspecified atom stereocenters. The Labute approximate surface area is 189 Å². The number of rotatable bonds is 8. The minimum Gasteiger partial charge on any atom is -0.420 e. The van der Waals surface area contributed by atoms with Gasteiger partial charge in [-0.2, -0.15) is 9.97 Å². The third-order valence-corrected chi connectivity index (χ3v) is 7.05. The van der Waals surface area contributed by atoms with Crippen molar-refractivity contribution in [3.05, 3.63) is 69.5 Å². The number of hydrogen-bond acceptors (Lipinski definition) is 6. The summed E-state index contributed by atoms with van der Waals surface area (Å²) >= 11 is 6.04. The Hall–Kier alpha value is -2.78. The predicted molar refractivity (Wildman–Crippen MR) is 119 cm³/mol. The highest BCUT2D eigenvalue weighted by Gasteiger charge is 2.25. The highest BCUT2D eigenvalue weighted by molar-refractivity contribution is 7.90. The second-order valence-corrected chi connectivity index (χ2v) is 10.5. The molecule has 0 spiro atoms. The van der Waals surface area contributed by atoms with E-state index in [0.29, 0.717) is 23.6 Å². The molecule has 1 fully saturated rings. The Balaban J connectivity index is 1.72. The summed E-state index contributed by atoms with van der Waals surface area (Å²) in [6.45, 7) is 0. The molecule has 32 heavy (non-hydrogen) atoms. The van der Waals surface area contributed by atoms with Gasteiger partial charge in [-0.1, -0.05) is 30.5 Å². The topological polar surface area (TPSA) is 91.2 Å². The first-order chi connectivity index (χ1) is 15.2. The summed E-state index contributed by atoms with van der Waals surface area (Å²) in [6, 6.07) is 8.31. The van der Waals surface area contributed by atoms with Gasteiger partial charge in [-0.25, -0.2) is 12.8 Å². The molecule has 0 amide bonds. The van der Waals surface area contributed by atoms with Gasteiger partial charge in [-0.15, -0.1) is 0 Å². The standard InChI is InChI=1S/C22H21ClFN3O4S/c1-27-12-15(7-8-20(27)28)19-11-16(13-32(29,30)10-9-14-5-6-14)25-22(26-19)31-21-17(23)3-2-4-18(21)24/h2-4,7-8,11-12,14H,5-6,9-10,13H2,1H3. The van der Waals surface area contributed by atoms with Gasteiger partial charge in [0.25, 0.3) is 0 Å². The van der Waals surface area contributed by atoms with Crippen molar-refractivity contribution in [1.82, 2.24) is 14.5 Å². The number of para-hydroxylation sites is 1. The fraction of sp³-hybridized carbons (Fsp3) is 0.318. The molecule has 1 saturated carbocycles. The fourth-order valence-electron chi connectivity index (χ4n) is 3.21. The van der Waals surface area contributed by atoms with Crippen molar-refractivity contribution in [3.8, 4) is 23.0 Å². The lowest BCUT2D eigenvalue weighted by atomic mass is 10.2. The molecule has 0 saturated heterocycles. The molecule has 0 bridgehead atoms. The van der Waals surface area contributed by atoms with Crippen molar-refractivity contribution in [1.29, 1.82) is 0 Å². The summed E-state index contributed by atoms with van der Waals surface area (Å²) in [6.07, 6.45) is 4.34. The molecule has 1 aliphatic rings. The van der Waals surface area contributed by atoms with Crippen LogP contribution in [0.25, 0.3) is 11.3 Å². The van der Waals surface area contributed by atoms with Crippen molar-refractivity contribution in [2.24, 2.45) is 13.0 Å². The zero-order valence-electron chi connectivity index (χ0n) is 17.3. The Kier molecular flexibility index (Phi) is 6.30. The van der Waals surface area contributed by atoms with E-state index in [1.165, 1.54) is 34.9 Å². The number of sulfone groups is 1. The molecule has 0 radical (unpaired) electrons. The van der Waals surface area contributed by atoms with Gasteiger partial charge in [-0.05, 0) is 36.6 Å². The number of benzene rings is 1. The molecule has 4 rings (SSSR count). The van der Waals surface area contributed by atoms with E-state index in [9.17, 15) is 17.6 Å². The molecule has 0 atom stereocenters. The van der Waals surface area contributed by atoms with Gasteiger partial charge in [0.2, 0.25) is 5.56 Å². The molecule has 1 aromatic carbocycles. The summed E-state index contributed by atoms with van der Waals surface area (Å²) in [7, 11) is -1.82. The predicted octanol–water partition coefficient (Wildman–Crippen LogP) is 4.14. The van der Waals surface area contributed by atoms with Crippen LogP contribution in [0.5, 0.6) is 11.8 Å². The Morgan fingerprint density at radius 2 is 2.00 bits per heavy atom. The van der Waals surface area contributed by atoms with Crippen molar-refractivity contribution in [2.75, 3.05) is 5.75 Å². The second-order valence-electron chi connectivity index (χ2n) is 7.87. The number of halogens is 2. The van der Waals surface area contributed by atoms with Crippen molar-refractivity contribution in [3.63, 3.8) is 0 Å². The molecule has 168 valence electrons. The van der Waals surface area contributed by atoms with Crippen LogP contribution in [0.4, 0.5) is 4.39 Å². The fourth-order valence-corrected chi connectivity index (χ4v) is 4.84. The van der Waals surface area contributed by atoms with Gasteiger partial charge >= 0.3 is 6.01 Å². The number of aryl methyl sites for hydroxylation is 1. The van der Waals surface area contributed by atoms with Crippen molar-refractivity contribution < 1.29 is 17.5 Å². The summed E-state index contributed by atoms with van der Waals surface area (Å²) < 4.78 is 46.4. The van der Waals surface area contributed by atoms with Crippen LogP contribution in [0.2, 0.25) is 5.02 Å². The van der Waals surface area contributed by atoms with Crippen LogP contribution in [-0.4, -0.2) is 28.7 Å². The van der Waals surface area contributed by atoms with Crippen LogP contribution in [0, 0.1) is 11.7 Å². The smallest absolute Gasteiger partial charge is 0.322 e. The summed E-state index contributed by atoms with van der Waals surface area (Å²) in [5.41, 5.74) is 0.892. The maximum Gasteiger partial charge on any atom is 0.322 e. The van der Waals surface area contributed by atoms with Crippen LogP contribution in [0.1, 0.15) is 25.0 Å². The molecular formula is C22H21ClFN3O4S. The maximum absolute atomic E-state index is 14.2. The first-order valence-electron chi connectivity index (χ1n) is 10.1. The third-order valence-electron chi connectivity index (χ3n) is 5.15.